The molecule has 0 saturated carbocycles. The lowest BCUT2D eigenvalue weighted by molar-refractivity contribution is -0.150. The summed E-state index contributed by atoms with van der Waals surface area (Å²) in [6.45, 7) is 1.52. The van der Waals surface area contributed by atoms with Crippen LogP contribution in [0.25, 0.3) is 0 Å². The first-order chi connectivity index (χ1) is 13.5. The number of benzene rings is 1. The summed E-state index contributed by atoms with van der Waals surface area (Å²) < 4.78 is 0. The molecule has 0 aliphatic carbocycles. The summed E-state index contributed by atoms with van der Waals surface area (Å²) in [7, 11) is 0. The molecule has 7 nitrogen and oxygen atoms in total. The third-order valence-corrected chi connectivity index (χ3v) is 6.09. The number of nitrogens with zero attached hydrogens (tertiary/aromatic N) is 1. The molecule has 2 fully saturated rings. The van der Waals surface area contributed by atoms with Gasteiger partial charge in [0.15, 0.2) is 0 Å². The van der Waals surface area contributed by atoms with Crippen molar-refractivity contribution in [2.75, 3.05) is 19.6 Å². The van der Waals surface area contributed by atoms with E-state index in [9.17, 15) is 14.7 Å². The minimum Gasteiger partial charge on any atom is -0.391 e. The summed E-state index contributed by atoms with van der Waals surface area (Å²) in [6.07, 6.45) is 3.34. The summed E-state index contributed by atoms with van der Waals surface area (Å²) in [5.41, 5.74) is 11.7. The van der Waals surface area contributed by atoms with Crippen LogP contribution in [-0.4, -0.2) is 53.6 Å². The van der Waals surface area contributed by atoms with Crippen LogP contribution in [0.15, 0.2) is 30.3 Å². The maximum absolute atomic E-state index is 13.0. The lowest BCUT2D eigenvalue weighted by Crippen LogP contribution is -2.61. The van der Waals surface area contributed by atoms with Crippen molar-refractivity contribution in [2.24, 2.45) is 16.9 Å². The zero-order valence-electron chi connectivity index (χ0n) is 16.3. The van der Waals surface area contributed by atoms with Crippen molar-refractivity contribution in [2.45, 2.75) is 56.7 Å². The van der Waals surface area contributed by atoms with Crippen molar-refractivity contribution < 1.29 is 14.7 Å². The van der Waals surface area contributed by atoms with Crippen LogP contribution in [0.2, 0.25) is 0 Å². The summed E-state index contributed by atoms with van der Waals surface area (Å²) >= 11 is 0. The Labute approximate surface area is 166 Å². The van der Waals surface area contributed by atoms with Gasteiger partial charge >= 0.3 is 0 Å². The molecule has 28 heavy (non-hydrogen) atoms. The van der Waals surface area contributed by atoms with Crippen molar-refractivity contribution in [3.05, 3.63) is 35.9 Å². The number of unbranched alkanes of at least 4 members (excludes halogenated alkanes) is 1. The SMILES string of the molecule is NCCCC[C@H](N)C(=O)N1CCC[C@]2(C[C@@H](O)[C@H](c3ccccc3)NC2=O)C1. The molecule has 1 aromatic carbocycles. The Morgan fingerprint density at radius 1 is 1.32 bits per heavy atom. The highest BCUT2D eigenvalue weighted by atomic mass is 16.3. The van der Waals surface area contributed by atoms with E-state index < -0.39 is 23.6 Å². The molecule has 154 valence electrons. The van der Waals surface area contributed by atoms with Crippen LogP contribution in [0, 0.1) is 5.41 Å². The molecule has 4 atom stereocenters. The van der Waals surface area contributed by atoms with Crippen LogP contribution in [0.5, 0.6) is 0 Å². The van der Waals surface area contributed by atoms with Gasteiger partial charge in [-0.1, -0.05) is 36.8 Å². The Hall–Kier alpha value is -1.96. The highest BCUT2D eigenvalue weighted by Crippen LogP contribution is 2.41. The van der Waals surface area contributed by atoms with E-state index in [4.69, 9.17) is 11.5 Å². The number of hydrogen-bond donors (Lipinski definition) is 4. The van der Waals surface area contributed by atoms with E-state index in [2.05, 4.69) is 5.32 Å². The number of nitrogens with two attached hydrogens (primary N) is 2. The Morgan fingerprint density at radius 2 is 2.07 bits per heavy atom. The molecule has 2 heterocycles. The molecule has 2 aliphatic heterocycles. The third-order valence-electron chi connectivity index (χ3n) is 6.09. The van der Waals surface area contributed by atoms with Crippen molar-refractivity contribution in [1.29, 1.82) is 0 Å². The number of hydrogen-bond acceptors (Lipinski definition) is 5. The smallest absolute Gasteiger partial charge is 0.239 e. The second-order valence-electron chi connectivity index (χ2n) is 8.17. The fourth-order valence-corrected chi connectivity index (χ4v) is 4.51. The molecule has 2 saturated heterocycles. The molecular formula is C21H32N4O3. The van der Waals surface area contributed by atoms with Gasteiger partial charge in [-0.2, -0.15) is 0 Å². The zero-order valence-corrected chi connectivity index (χ0v) is 16.3. The van der Waals surface area contributed by atoms with Gasteiger partial charge in [0.2, 0.25) is 11.8 Å². The van der Waals surface area contributed by atoms with Gasteiger partial charge in [0.05, 0.1) is 23.6 Å². The van der Waals surface area contributed by atoms with Crippen molar-refractivity contribution in [1.82, 2.24) is 10.2 Å². The minimum absolute atomic E-state index is 0.0825. The van der Waals surface area contributed by atoms with Gasteiger partial charge in [-0.15, -0.1) is 0 Å². The van der Waals surface area contributed by atoms with Crippen LogP contribution >= 0.6 is 0 Å². The lowest BCUT2D eigenvalue weighted by atomic mass is 9.70. The summed E-state index contributed by atoms with van der Waals surface area (Å²) in [6, 6.07) is 8.53. The second kappa shape index (κ2) is 9.03. The van der Waals surface area contributed by atoms with E-state index >= 15 is 0 Å². The van der Waals surface area contributed by atoms with Gasteiger partial charge in [0, 0.05) is 13.1 Å². The number of carbonyl (C=O) groups excluding carboxylic acids is 2. The summed E-state index contributed by atoms with van der Waals surface area (Å²) in [4.78, 5) is 27.5. The number of aliphatic hydroxyl groups excluding tert-OH is 1. The normalized spacial score (nSPS) is 28.8. The fraction of sp³-hybridized carbons (Fsp3) is 0.619. The lowest BCUT2D eigenvalue weighted by Gasteiger charge is -2.47. The second-order valence-corrected chi connectivity index (χ2v) is 8.17. The zero-order chi connectivity index (χ0) is 20.1. The molecule has 0 bridgehead atoms. The fourth-order valence-electron chi connectivity index (χ4n) is 4.51. The molecule has 0 radical (unpaired) electrons. The number of amides is 2. The van der Waals surface area contributed by atoms with Crippen molar-refractivity contribution >= 4 is 11.8 Å². The van der Waals surface area contributed by atoms with Gasteiger partial charge in [0.25, 0.3) is 0 Å². The monoisotopic (exact) mass is 388 g/mol. The Balaban J connectivity index is 1.67. The van der Waals surface area contributed by atoms with E-state index in [1.165, 1.54) is 0 Å². The number of rotatable bonds is 6. The molecule has 0 unspecified atom stereocenters. The van der Waals surface area contributed by atoms with Crippen LogP contribution in [0.1, 0.15) is 50.1 Å². The maximum atomic E-state index is 13.0. The van der Waals surface area contributed by atoms with Gasteiger partial charge < -0.3 is 26.8 Å². The third kappa shape index (κ3) is 4.37. The first kappa shape index (κ1) is 20.8. The quantitative estimate of drug-likeness (QED) is 0.534. The van der Waals surface area contributed by atoms with Crippen LogP contribution in [0.4, 0.5) is 0 Å². The van der Waals surface area contributed by atoms with E-state index in [0.717, 1.165) is 24.8 Å². The Bertz CT molecular complexity index is 683. The van der Waals surface area contributed by atoms with E-state index in [-0.39, 0.29) is 11.8 Å². The predicted octanol–water partition coefficient (Wildman–Crippen LogP) is 0.674. The predicted molar refractivity (Wildman–Crippen MR) is 107 cm³/mol. The molecule has 1 aromatic rings. The molecule has 7 heteroatoms. The first-order valence-corrected chi connectivity index (χ1v) is 10.3. The molecule has 6 N–H and O–H groups in total. The first-order valence-electron chi connectivity index (χ1n) is 10.3. The maximum Gasteiger partial charge on any atom is 0.239 e. The molecule has 1 spiro atoms. The molecule has 2 amide bonds. The van der Waals surface area contributed by atoms with Gasteiger partial charge in [0.1, 0.15) is 0 Å². The van der Waals surface area contributed by atoms with Crippen LogP contribution in [-0.2, 0) is 9.59 Å². The molecular weight excluding hydrogens is 356 g/mol. The Morgan fingerprint density at radius 3 is 2.79 bits per heavy atom. The average molecular weight is 389 g/mol. The molecule has 0 aromatic heterocycles. The van der Waals surface area contributed by atoms with Gasteiger partial charge in [-0.3, -0.25) is 9.59 Å². The number of nitrogens with one attached hydrogen (secondary N) is 1. The van der Waals surface area contributed by atoms with Crippen molar-refractivity contribution in [3.63, 3.8) is 0 Å². The van der Waals surface area contributed by atoms with E-state index in [1.807, 2.05) is 30.3 Å². The van der Waals surface area contributed by atoms with Gasteiger partial charge in [-0.05, 0) is 44.2 Å². The summed E-state index contributed by atoms with van der Waals surface area (Å²) in [5.74, 6) is -0.190. The van der Waals surface area contributed by atoms with Gasteiger partial charge in [-0.25, -0.2) is 0 Å². The minimum atomic E-state index is -0.740. The topological polar surface area (TPSA) is 122 Å². The largest absolute Gasteiger partial charge is 0.391 e. The number of aliphatic hydroxyl groups is 1. The van der Waals surface area contributed by atoms with E-state index in [1.54, 1.807) is 4.90 Å². The number of carbonyl (C=O) groups is 2. The average Bonchev–Trinajstić information content (AvgIpc) is 2.71. The molecule has 2 aliphatic rings. The number of piperidine rings is 2. The highest BCUT2D eigenvalue weighted by Gasteiger charge is 2.50. The number of likely N-dealkylation sites (tertiary alicyclic amines) is 1. The van der Waals surface area contributed by atoms with Crippen molar-refractivity contribution in [3.8, 4) is 0 Å². The summed E-state index contributed by atoms with van der Waals surface area (Å²) in [5, 5.41) is 13.8. The standard InChI is InChI=1S/C21H32N4O3/c22-11-5-4-9-16(23)19(27)25-12-6-10-21(14-25)13-17(26)18(24-20(21)28)15-7-2-1-3-8-15/h1-3,7-8,16-18,26H,4-6,9-14,22-23H2,(H,24,28)/t16-,17+,18-,21-/m0/s1. The molecule has 3 rings (SSSR count). The van der Waals surface area contributed by atoms with E-state index in [0.29, 0.717) is 38.9 Å². The highest BCUT2D eigenvalue weighted by molar-refractivity contribution is 5.87. The van der Waals surface area contributed by atoms with Crippen LogP contribution in [0.3, 0.4) is 0 Å². The Kier molecular flexibility index (Phi) is 6.69. The van der Waals surface area contributed by atoms with Crippen LogP contribution < -0.4 is 16.8 Å².